The van der Waals surface area contributed by atoms with Gasteiger partial charge in [0.05, 0.1) is 38.0 Å². The average Bonchev–Trinajstić information content (AvgIpc) is 3.13. The van der Waals surface area contributed by atoms with E-state index in [0.717, 1.165) is 27.7 Å². The molecule has 0 saturated carbocycles. The molecule has 1 saturated heterocycles. The first-order valence-corrected chi connectivity index (χ1v) is 8.52. The summed E-state index contributed by atoms with van der Waals surface area (Å²) in [6.07, 6.45) is 1.21. The Labute approximate surface area is 146 Å². The number of furan rings is 1. The molecule has 1 fully saturated rings. The maximum atomic E-state index is 12.8. The lowest BCUT2D eigenvalue weighted by atomic mass is 10.0. The van der Waals surface area contributed by atoms with E-state index in [0.29, 0.717) is 18.2 Å². The van der Waals surface area contributed by atoms with E-state index in [4.69, 9.17) is 20.8 Å². The Morgan fingerprint density at radius 3 is 2.79 bits per heavy atom. The summed E-state index contributed by atoms with van der Waals surface area (Å²) in [6.45, 7) is 6.95. The van der Waals surface area contributed by atoms with Crippen LogP contribution in [0.1, 0.15) is 23.6 Å². The van der Waals surface area contributed by atoms with Crippen molar-refractivity contribution >= 4 is 28.5 Å². The van der Waals surface area contributed by atoms with E-state index in [2.05, 4.69) is 0 Å². The molecule has 130 valence electrons. The molecule has 1 N–H and O–H groups in total. The second-order valence-electron chi connectivity index (χ2n) is 6.30. The van der Waals surface area contributed by atoms with Gasteiger partial charge in [0.15, 0.2) is 0 Å². The number of aliphatic hydroxyl groups excluding tert-OH is 1. The first kappa shape index (κ1) is 17.3. The van der Waals surface area contributed by atoms with Gasteiger partial charge in [0.1, 0.15) is 5.58 Å². The number of hydrogen-bond donors (Lipinski definition) is 1. The van der Waals surface area contributed by atoms with Gasteiger partial charge in [0, 0.05) is 22.5 Å². The van der Waals surface area contributed by atoms with Crippen LogP contribution >= 0.6 is 11.6 Å². The Bertz CT molecular complexity index is 770. The summed E-state index contributed by atoms with van der Waals surface area (Å²) in [6, 6.07) is 1.61. The predicted octanol–water partition coefficient (Wildman–Crippen LogP) is 2.85. The summed E-state index contributed by atoms with van der Waals surface area (Å²) in [5.74, 6) is -0.0501. The zero-order valence-electron chi connectivity index (χ0n) is 14.1. The van der Waals surface area contributed by atoms with Crippen molar-refractivity contribution in [1.82, 2.24) is 4.90 Å². The van der Waals surface area contributed by atoms with E-state index in [1.165, 1.54) is 0 Å². The molecule has 2 aromatic rings. The van der Waals surface area contributed by atoms with Crippen LogP contribution < -0.4 is 0 Å². The van der Waals surface area contributed by atoms with E-state index < -0.39 is 6.10 Å². The summed E-state index contributed by atoms with van der Waals surface area (Å²) < 4.78 is 10.9. The third-order valence-corrected chi connectivity index (χ3v) is 5.30. The van der Waals surface area contributed by atoms with Crippen LogP contribution in [0.15, 0.2) is 16.7 Å². The molecule has 0 bridgehead atoms. The largest absolute Gasteiger partial charge is 0.464 e. The van der Waals surface area contributed by atoms with Crippen molar-refractivity contribution in [1.29, 1.82) is 0 Å². The van der Waals surface area contributed by atoms with Gasteiger partial charge >= 0.3 is 0 Å². The van der Waals surface area contributed by atoms with Gasteiger partial charge in [-0.1, -0.05) is 11.6 Å². The van der Waals surface area contributed by atoms with E-state index in [9.17, 15) is 9.90 Å². The summed E-state index contributed by atoms with van der Waals surface area (Å²) in [5.41, 5.74) is 3.44. The maximum absolute atomic E-state index is 12.8. The molecule has 2 heterocycles. The van der Waals surface area contributed by atoms with Crippen molar-refractivity contribution in [2.75, 3.05) is 19.8 Å². The number of ether oxygens (including phenoxy) is 1. The fourth-order valence-electron chi connectivity index (χ4n) is 3.43. The summed E-state index contributed by atoms with van der Waals surface area (Å²) in [7, 11) is 0. The van der Waals surface area contributed by atoms with Crippen LogP contribution in [0.5, 0.6) is 0 Å². The van der Waals surface area contributed by atoms with Crippen molar-refractivity contribution in [2.45, 2.75) is 39.3 Å². The monoisotopic (exact) mass is 351 g/mol. The molecule has 0 radical (unpaired) electrons. The van der Waals surface area contributed by atoms with Gasteiger partial charge in [0.2, 0.25) is 5.91 Å². The number of rotatable bonds is 4. The maximum Gasteiger partial charge on any atom is 0.227 e. The van der Waals surface area contributed by atoms with Crippen LogP contribution in [0.3, 0.4) is 0 Å². The Kier molecular flexibility index (Phi) is 4.85. The normalized spacial score (nSPS) is 20.7. The van der Waals surface area contributed by atoms with Crippen LogP contribution in [0, 0.1) is 13.8 Å². The fraction of sp³-hybridized carbons (Fsp3) is 0.500. The third-order valence-electron chi connectivity index (χ3n) is 4.72. The molecular weight excluding hydrogens is 330 g/mol. The molecule has 1 amide bonds. The number of fused-ring (bicyclic) bond motifs is 1. The smallest absolute Gasteiger partial charge is 0.227 e. The Morgan fingerprint density at radius 2 is 2.17 bits per heavy atom. The third kappa shape index (κ3) is 2.92. The predicted molar refractivity (Wildman–Crippen MR) is 92.4 cm³/mol. The first-order valence-electron chi connectivity index (χ1n) is 8.15. The molecule has 1 aromatic carbocycles. The van der Waals surface area contributed by atoms with E-state index in [-0.39, 0.29) is 25.0 Å². The highest BCUT2D eigenvalue weighted by Gasteiger charge is 2.33. The van der Waals surface area contributed by atoms with Crippen molar-refractivity contribution in [2.24, 2.45) is 0 Å². The number of nitrogens with zero attached hydrogens (tertiary/aromatic N) is 1. The summed E-state index contributed by atoms with van der Waals surface area (Å²) >= 11 is 6.35. The van der Waals surface area contributed by atoms with Crippen LogP contribution in [0.2, 0.25) is 5.02 Å². The van der Waals surface area contributed by atoms with Crippen molar-refractivity contribution < 1.29 is 19.1 Å². The van der Waals surface area contributed by atoms with Crippen LogP contribution in [-0.2, 0) is 16.0 Å². The Balaban J connectivity index is 1.89. The standard InChI is InChI=1S/C18H22ClNO4/c1-4-20(13-8-23-9-14(13)21)16(22)6-12-7-24-15-5-10(2)18(19)11(3)17(12)15/h5,7,13-14,21H,4,6,8-9H2,1-3H3/t13-,14-/m1/s1. The molecule has 2 atom stereocenters. The molecule has 1 aliphatic rings. The topological polar surface area (TPSA) is 62.9 Å². The molecule has 6 heteroatoms. The van der Waals surface area contributed by atoms with E-state index >= 15 is 0 Å². The molecule has 0 aliphatic carbocycles. The van der Waals surface area contributed by atoms with Gasteiger partial charge in [-0.05, 0) is 38.0 Å². The number of aliphatic hydroxyl groups is 1. The lowest BCUT2D eigenvalue weighted by Crippen LogP contribution is -2.47. The number of halogens is 1. The first-order chi connectivity index (χ1) is 11.4. The molecule has 1 aliphatic heterocycles. The minimum atomic E-state index is -0.631. The number of carbonyl (C=O) groups excluding carboxylic acids is 1. The summed E-state index contributed by atoms with van der Waals surface area (Å²) in [5, 5.41) is 11.6. The Morgan fingerprint density at radius 1 is 1.42 bits per heavy atom. The SMILES string of the molecule is CCN(C(=O)Cc1coc2cc(C)c(Cl)c(C)c12)[C@@H]1COC[C@H]1O. The van der Waals surface area contributed by atoms with E-state index in [1.807, 2.05) is 26.8 Å². The molecule has 3 rings (SSSR count). The molecule has 0 spiro atoms. The quantitative estimate of drug-likeness (QED) is 0.920. The lowest BCUT2D eigenvalue weighted by molar-refractivity contribution is -0.134. The van der Waals surface area contributed by atoms with Crippen molar-refractivity contribution in [3.05, 3.63) is 34.0 Å². The van der Waals surface area contributed by atoms with Crippen molar-refractivity contribution in [3.8, 4) is 0 Å². The highest BCUT2D eigenvalue weighted by Crippen LogP contribution is 2.33. The molecule has 1 aromatic heterocycles. The zero-order valence-corrected chi connectivity index (χ0v) is 14.9. The zero-order chi connectivity index (χ0) is 17.4. The van der Waals surface area contributed by atoms with E-state index in [1.54, 1.807) is 11.2 Å². The number of amides is 1. The van der Waals surface area contributed by atoms with Gasteiger partial charge in [-0.3, -0.25) is 4.79 Å². The molecule has 24 heavy (non-hydrogen) atoms. The molecular formula is C18H22ClNO4. The highest BCUT2D eigenvalue weighted by molar-refractivity contribution is 6.33. The minimum absolute atomic E-state index is 0.0501. The number of carbonyl (C=O) groups is 1. The minimum Gasteiger partial charge on any atom is -0.464 e. The second kappa shape index (κ2) is 6.75. The highest BCUT2D eigenvalue weighted by atomic mass is 35.5. The van der Waals surface area contributed by atoms with Crippen LogP contribution in [0.4, 0.5) is 0 Å². The summed E-state index contributed by atoms with van der Waals surface area (Å²) in [4.78, 5) is 14.4. The van der Waals surface area contributed by atoms with Gasteiger partial charge in [-0.2, -0.15) is 0 Å². The number of hydrogen-bond acceptors (Lipinski definition) is 4. The van der Waals surface area contributed by atoms with Gasteiger partial charge in [-0.15, -0.1) is 0 Å². The van der Waals surface area contributed by atoms with Gasteiger partial charge in [-0.25, -0.2) is 0 Å². The van der Waals surface area contributed by atoms with Gasteiger partial charge < -0.3 is 19.2 Å². The molecule has 5 nitrogen and oxygen atoms in total. The fourth-order valence-corrected chi connectivity index (χ4v) is 3.58. The van der Waals surface area contributed by atoms with Crippen LogP contribution in [-0.4, -0.2) is 47.8 Å². The van der Waals surface area contributed by atoms with Crippen LogP contribution in [0.25, 0.3) is 11.0 Å². The average molecular weight is 352 g/mol. The lowest BCUT2D eigenvalue weighted by Gasteiger charge is -2.28. The number of benzene rings is 1. The molecule has 0 unspecified atom stereocenters. The number of aryl methyl sites for hydroxylation is 2. The Hall–Kier alpha value is -1.56. The second-order valence-corrected chi connectivity index (χ2v) is 6.67. The number of likely N-dealkylation sites (N-methyl/N-ethyl adjacent to an activating group) is 1. The van der Waals surface area contributed by atoms with Gasteiger partial charge in [0.25, 0.3) is 0 Å². The van der Waals surface area contributed by atoms with Crippen molar-refractivity contribution in [3.63, 3.8) is 0 Å².